The van der Waals surface area contributed by atoms with Crippen molar-refractivity contribution in [2.75, 3.05) is 19.3 Å². The van der Waals surface area contributed by atoms with Gasteiger partial charge in [-0.1, -0.05) is 12.1 Å². The van der Waals surface area contributed by atoms with Crippen molar-refractivity contribution >= 4 is 15.9 Å². The van der Waals surface area contributed by atoms with Crippen LogP contribution in [0.1, 0.15) is 24.3 Å². The Kier molecular flexibility index (Phi) is 4.95. The molecule has 1 aliphatic rings. The molecule has 5 nitrogen and oxygen atoms in total. The van der Waals surface area contributed by atoms with Gasteiger partial charge in [-0.15, -0.1) is 0 Å². The molecule has 1 atom stereocenters. The molecule has 21 heavy (non-hydrogen) atoms. The summed E-state index contributed by atoms with van der Waals surface area (Å²) in [5.41, 5.74) is 0.771. The van der Waals surface area contributed by atoms with E-state index in [1.807, 2.05) is 0 Å². The van der Waals surface area contributed by atoms with Gasteiger partial charge in [0.1, 0.15) is 5.82 Å². The normalized spacial score (nSPS) is 16.5. The largest absolute Gasteiger partial charge is 0.354 e. The van der Waals surface area contributed by atoms with Crippen molar-refractivity contribution in [3.05, 3.63) is 35.6 Å². The minimum Gasteiger partial charge on any atom is -0.354 e. The van der Waals surface area contributed by atoms with Gasteiger partial charge in [0.15, 0.2) is 0 Å². The van der Waals surface area contributed by atoms with E-state index < -0.39 is 10.0 Å². The molecule has 7 heteroatoms. The number of hydrogen-bond acceptors (Lipinski definition) is 3. The van der Waals surface area contributed by atoms with Gasteiger partial charge in [0.2, 0.25) is 15.9 Å². The van der Waals surface area contributed by atoms with E-state index in [0.717, 1.165) is 18.4 Å². The summed E-state index contributed by atoms with van der Waals surface area (Å²) in [6, 6.07) is 5.90. The summed E-state index contributed by atoms with van der Waals surface area (Å²) in [6.45, 7) is 0.0619. The lowest BCUT2D eigenvalue weighted by molar-refractivity contribution is -0.122. The van der Waals surface area contributed by atoms with Crippen LogP contribution >= 0.6 is 0 Å². The van der Waals surface area contributed by atoms with Gasteiger partial charge in [-0.3, -0.25) is 4.79 Å². The number of nitrogens with one attached hydrogen (secondary N) is 2. The van der Waals surface area contributed by atoms with Gasteiger partial charge in [-0.05, 0) is 43.5 Å². The third kappa shape index (κ3) is 4.50. The van der Waals surface area contributed by atoms with E-state index in [9.17, 15) is 17.6 Å². The first-order valence-electron chi connectivity index (χ1n) is 6.87. The molecule has 0 spiro atoms. The molecule has 0 heterocycles. The number of rotatable bonds is 7. The zero-order chi connectivity index (χ0) is 15.5. The van der Waals surface area contributed by atoms with Crippen LogP contribution in [0.4, 0.5) is 4.39 Å². The second-order valence-electron chi connectivity index (χ2n) is 5.18. The van der Waals surface area contributed by atoms with Gasteiger partial charge in [-0.25, -0.2) is 17.5 Å². The zero-order valence-corrected chi connectivity index (χ0v) is 12.6. The Morgan fingerprint density at radius 1 is 1.33 bits per heavy atom. The quantitative estimate of drug-likeness (QED) is 0.788. The number of benzene rings is 1. The molecule has 0 aromatic heterocycles. The standard InChI is InChI=1S/C14H19FN2O3S/c1-16-21(19,20)9-8-17-14(18)13(10-2-3-10)11-4-6-12(15)7-5-11/h4-7,10,13,16H,2-3,8-9H2,1H3,(H,17,18). The molecule has 116 valence electrons. The fourth-order valence-corrected chi connectivity index (χ4v) is 2.83. The average molecular weight is 314 g/mol. The van der Waals surface area contributed by atoms with Crippen molar-refractivity contribution in [2.24, 2.45) is 5.92 Å². The summed E-state index contributed by atoms with van der Waals surface area (Å²) < 4.78 is 37.8. The van der Waals surface area contributed by atoms with Crippen LogP contribution in [0.3, 0.4) is 0 Å². The van der Waals surface area contributed by atoms with E-state index in [-0.39, 0.29) is 35.9 Å². The van der Waals surface area contributed by atoms with Crippen LogP contribution in [0, 0.1) is 11.7 Å². The zero-order valence-electron chi connectivity index (χ0n) is 11.8. The van der Waals surface area contributed by atoms with Gasteiger partial charge < -0.3 is 5.32 Å². The van der Waals surface area contributed by atoms with Crippen LogP contribution < -0.4 is 10.0 Å². The fourth-order valence-electron chi connectivity index (χ4n) is 2.26. The van der Waals surface area contributed by atoms with E-state index in [1.165, 1.54) is 19.2 Å². The molecule has 1 aliphatic carbocycles. The van der Waals surface area contributed by atoms with E-state index >= 15 is 0 Å². The number of amides is 1. The third-order valence-electron chi connectivity index (χ3n) is 3.59. The van der Waals surface area contributed by atoms with Gasteiger partial charge >= 0.3 is 0 Å². The van der Waals surface area contributed by atoms with Crippen LogP contribution in [0.25, 0.3) is 0 Å². The van der Waals surface area contributed by atoms with Crippen LogP contribution in [-0.2, 0) is 14.8 Å². The Morgan fingerprint density at radius 3 is 2.48 bits per heavy atom. The second-order valence-corrected chi connectivity index (χ2v) is 7.23. The highest BCUT2D eigenvalue weighted by Gasteiger charge is 2.37. The van der Waals surface area contributed by atoms with Gasteiger partial charge in [0.25, 0.3) is 0 Å². The topological polar surface area (TPSA) is 75.3 Å². The first-order valence-corrected chi connectivity index (χ1v) is 8.52. The predicted octanol–water partition coefficient (Wildman–Crippen LogP) is 0.985. The maximum absolute atomic E-state index is 13.0. The molecule has 0 bridgehead atoms. The summed E-state index contributed by atoms with van der Waals surface area (Å²) in [5.74, 6) is -0.765. The van der Waals surface area contributed by atoms with Gasteiger partial charge in [0.05, 0.1) is 11.7 Å². The smallest absolute Gasteiger partial charge is 0.227 e. The van der Waals surface area contributed by atoms with Crippen LogP contribution in [0.2, 0.25) is 0 Å². The number of halogens is 1. The molecule has 2 rings (SSSR count). The molecule has 0 aliphatic heterocycles. The lowest BCUT2D eigenvalue weighted by Crippen LogP contribution is -2.36. The Balaban J connectivity index is 1.99. The van der Waals surface area contributed by atoms with Crippen LogP contribution in [-0.4, -0.2) is 33.7 Å². The number of hydrogen-bond donors (Lipinski definition) is 2. The number of carbonyl (C=O) groups excluding carboxylic acids is 1. The second kappa shape index (κ2) is 6.53. The molecule has 2 N–H and O–H groups in total. The van der Waals surface area contributed by atoms with E-state index in [0.29, 0.717) is 0 Å². The minimum absolute atomic E-state index is 0.0619. The summed E-state index contributed by atoms with van der Waals surface area (Å²) in [6.07, 6.45) is 1.93. The van der Waals surface area contributed by atoms with E-state index in [1.54, 1.807) is 12.1 Å². The Morgan fingerprint density at radius 2 is 1.95 bits per heavy atom. The van der Waals surface area contributed by atoms with Crippen molar-refractivity contribution in [1.82, 2.24) is 10.0 Å². The molecule has 1 aromatic rings. The first-order chi connectivity index (χ1) is 9.93. The maximum Gasteiger partial charge on any atom is 0.227 e. The van der Waals surface area contributed by atoms with Gasteiger partial charge in [-0.2, -0.15) is 0 Å². The van der Waals surface area contributed by atoms with Crippen LogP contribution in [0.15, 0.2) is 24.3 Å². The fraction of sp³-hybridized carbons (Fsp3) is 0.500. The Labute approximate surface area is 124 Å². The Hall–Kier alpha value is -1.47. The molecule has 0 saturated heterocycles. The van der Waals surface area contributed by atoms with Crippen molar-refractivity contribution in [1.29, 1.82) is 0 Å². The maximum atomic E-state index is 13.0. The molecule has 0 radical (unpaired) electrons. The minimum atomic E-state index is -3.33. The summed E-state index contributed by atoms with van der Waals surface area (Å²) in [7, 11) is -1.99. The average Bonchev–Trinajstić information content (AvgIpc) is 3.26. The molecule has 1 fully saturated rings. The molecule has 1 aromatic carbocycles. The third-order valence-corrected chi connectivity index (χ3v) is 4.95. The number of carbonyl (C=O) groups is 1. The highest BCUT2D eigenvalue weighted by Crippen LogP contribution is 2.42. The van der Waals surface area contributed by atoms with Crippen molar-refractivity contribution in [2.45, 2.75) is 18.8 Å². The molecular weight excluding hydrogens is 295 g/mol. The van der Waals surface area contributed by atoms with Crippen LogP contribution in [0.5, 0.6) is 0 Å². The monoisotopic (exact) mass is 314 g/mol. The highest BCUT2D eigenvalue weighted by molar-refractivity contribution is 7.89. The van der Waals surface area contributed by atoms with Crippen molar-refractivity contribution < 1.29 is 17.6 Å². The van der Waals surface area contributed by atoms with Crippen molar-refractivity contribution in [3.63, 3.8) is 0 Å². The summed E-state index contributed by atoms with van der Waals surface area (Å²) in [5, 5.41) is 2.66. The van der Waals surface area contributed by atoms with E-state index in [4.69, 9.17) is 0 Å². The van der Waals surface area contributed by atoms with E-state index in [2.05, 4.69) is 10.0 Å². The highest BCUT2D eigenvalue weighted by atomic mass is 32.2. The Bertz CT molecular complexity index is 597. The molecular formula is C14H19FN2O3S. The summed E-state index contributed by atoms with van der Waals surface area (Å²) >= 11 is 0. The molecule has 1 saturated carbocycles. The SMILES string of the molecule is CNS(=O)(=O)CCNC(=O)C(c1ccc(F)cc1)C1CC1. The van der Waals surface area contributed by atoms with Gasteiger partial charge in [0, 0.05) is 6.54 Å². The first kappa shape index (κ1) is 15.9. The molecule has 1 amide bonds. The molecule has 1 unspecified atom stereocenters. The van der Waals surface area contributed by atoms with Crippen molar-refractivity contribution in [3.8, 4) is 0 Å². The lowest BCUT2D eigenvalue weighted by Gasteiger charge is -2.16. The number of sulfonamides is 1. The predicted molar refractivity (Wildman–Crippen MR) is 77.7 cm³/mol. The summed E-state index contributed by atoms with van der Waals surface area (Å²) in [4.78, 5) is 12.3. The lowest BCUT2D eigenvalue weighted by atomic mass is 9.93.